The lowest BCUT2D eigenvalue weighted by Crippen LogP contribution is -2.24. The van der Waals surface area contributed by atoms with Crippen molar-refractivity contribution in [2.75, 3.05) is 23.7 Å². The predicted octanol–water partition coefficient (Wildman–Crippen LogP) is 1.79. The van der Waals surface area contributed by atoms with Crippen molar-refractivity contribution in [2.24, 2.45) is 18.9 Å². The van der Waals surface area contributed by atoms with Crippen molar-refractivity contribution in [3.8, 4) is 0 Å². The van der Waals surface area contributed by atoms with Crippen molar-refractivity contribution < 1.29 is 0 Å². The van der Waals surface area contributed by atoms with E-state index in [0.29, 0.717) is 0 Å². The quantitative estimate of drug-likeness (QED) is 0.830. The van der Waals surface area contributed by atoms with Crippen LogP contribution in [0.25, 0.3) is 0 Å². The first-order chi connectivity index (χ1) is 7.50. The van der Waals surface area contributed by atoms with E-state index >= 15 is 0 Å². The molecule has 2 rings (SSSR count). The van der Waals surface area contributed by atoms with Crippen LogP contribution in [0.2, 0.25) is 0 Å². The molecule has 1 saturated heterocycles. The Kier molecular flexibility index (Phi) is 2.82. The van der Waals surface area contributed by atoms with Gasteiger partial charge in [-0.05, 0) is 25.2 Å². The van der Waals surface area contributed by atoms with E-state index in [-0.39, 0.29) is 0 Å². The first-order valence-corrected chi connectivity index (χ1v) is 6.04. The summed E-state index contributed by atoms with van der Waals surface area (Å²) >= 11 is 0. The number of nitrogens with zero attached hydrogens (tertiary/aromatic N) is 3. The van der Waals surface area contributed by atoms with Gasteiger partial charge in [-0.2, -0.15) is 5.10 Å². The number of anilines is 2. The van der Waals surface area contributed by atoms with E-state index in [0.717, 1.165) is 42.1 Å². The summed E-state index contributed by atoms with van der Waals surface area (Å²) in [4.78, 5) is 2.38. The molecule has 0 aliphatic carbocycles. The molecule has 1 aromatic heterocycles. The maximum atomic E-state index is 6.08. The molecule has 0 bridgehead atoms. The van der Waals surface area contributed by atoms with E-state index in [4.69, 9.17) is 5.73 Å². The fraction of sp³-hybridized carbons (Fsp3) is 0.750. The van der Waals surface area contributed by atoms with Gasteiger partial charge in [0.15, 0.2) is 0 Å². The van der Waals surface area contributed by atoms with Gasteiger partial charge in [0.05, 0.1) is 11.4 Å². The lowest BCUT2D eigenvalue weighted by atomic mass is 9.95. The van der Waals surface area contributed by atoms with Gasteiger partial charge in [0.2, 0.25) is 0 Å². The molecule has 0 amide bonds. The van der Waals surface area contributed by atoms with Crippen molar-refractivity contribution >= 4 is 11.5 Å². The average Bonchev–Trinajstić information content (AvgIpc) is 2.74. The molecule has 1 aliphatic rings. The Labute approximate surface area is 97.4 Å². The van der Waals surface area contributed by atoms with Gasteiger partial charge in [0, 0.05) is 20.1 Å². The van der Waals surface area contributed by atoms with Crippen LogP contribution in [0.3, 0.4) is 0 Å². The number of aryl methyl sites for hydroxylation is 2. The summed E-state index contributed by atoms with van der Waals surface area (Å²) in [5.41, 5.74) is 7.86. The zero-order chi connectivity index (χ0) is 11.9. The van der Waals surface area contributed by atoms with Gasteiger partial charge in [-0.3, -0.25) is 4.68 Å². The summed E-state index contributed by atoms with van der Waals surface area (Å²) < 4.78 is 1.91. The molecule has 0 radical (unpaired) electrons. The van der Waals surface area contributed by atoms with Crippen LogP contribution in [0.5, 0.6) is 0 Å². The summed E-state index contributed by atoms with van der Waals surface area (Å²) in [6.07, 6.45) is 1.27. The van der Waals surface area contributed by atoms with E-state index in [2.05, 4.69) is 23.8 Å². The number of rotatable bonds is 2. The lowest BCUT2D eigenvalue weighted by Gasteiger charge is -2.20. The molecule has 2 N–H and O–H groups in total. The molecule has 1 atom stereocenters. The fourth-order valence-electron chi connectivity index (χ4n) is 2.56. The second kappa shape index (κ2) is 4.00. The van der Waals surface area contributed by atoms with Crippen LogP contribution < -0.4 is 10.6 Å². The van der Waals surface area contributed by atoms with Gasteiger partial charge in [0.1, 0.15) is 5.82 Å². The highest BCUT2D eigenvalue weighted by molar-refractivity contribution is 5.66. The number of hydrogen-bond acceptors (Lipinski definition) is 3. The monoisotopic (exact) mass is 222 g/mol. The van der Waals surface area contributed by atoms with E-state index in [9.17, 15) is 0 Å². The summed E-state index contributed by atoms with van der Waals surface area (Å²) in [5, 5.41) is 4.38. The number of aromatic nitrogens is 2. The molecule has 2 heterocycles. The Bertz CT molecular complexity index is 381. The molecule has 4 nitrogen and oxygen atoms in total. The minimum atomic E-state index is 0.751. The molecular formula is C12H22N4. The number of nitrogens with two attached hydrogens (primary N) is 1. The summed E-state index contributed by atoms with van der Waals surface area (Å²) in [6.45, 7) is 8.78. The Morgan fingerprint density at radius 2 is 2.12 bits per heavy atom. The van der Waals surface area contributed by atoms with E-state index in [1.54, 1.807) is 0 Å². The molecule has 0 saturated carbocycles. The van der Waals surface area contributed by atoms with Crippen LogP contribution in [0.4, 0.5) is 11.5 Å². The van der Waals surface area contributed by atoms with Crippen LogP contribution in [0, 0.1) is 18.8 Å². The highest BCUT2D eigenvalue weighted by Crippen LogP contribution is 2.32. The number of nitrogen functional groups attached to an aromatic ring is 1. The SMILES string of the molecule is Cc1nn(C)c(N2CCC(C(C)C)C2)c1N. The molecule has 0 aromatic carbocycles. The van der Waals surface area contributed by atoms with Crippen molar-refractivity contribution in [3.05, 3.63) is 5.69 Å². The zero-order valence-electron chi connectivity index (χ0n) is 10.7. The van der Waals surface area contributed by atoms with Crippen LogP contribution in [0.15, 0.2) is 0 Å². The van der Waals surface area contributed by atoms with Gasteiger partial charge >= 0.3 is 0 Å². The summed E-state index contributed by atoms with van der Waals surface area (Å²) in [6, 6.07) is 0. The van der Waals surface area contributed by atoms with Crippen molar-refractivity contribution in [2.45, 2.75) is 27.2 Å². The third kappa shape index (κ3) is 1.77. The Balaban J connectivity index is 2.20. The molecular weight excluding hydrogens is 200 g/mol. The van der Waals surface area contributed by atoms with Gasteiger partial charge in [0.25, 0.3) is 0 Å². The minimum absolute atomic E-state index is 0.751. The standard InChI is InChI=1S/C12H22N4/c1-8(2)10-5-6-16(7-10)12-11(13)9(3)14-15(12)4/h8,10H,5-7,13H2,1-4H3. The molecule has 4 heteroatoms. The van der Waals surface area contributed by atoms with Gasteiger partial charge < -0.3 is 10.6 Å². The first-order valence-electron chi connectivity index (χ1n) is 6.04. The van der Waals surface area contributed by atoms with Crippen molar-refractivity contribution in [1.29, 1.82) is 0 Å². The summed E-state index contributed by atoms with van der Waals surface area (Å²) in [5.74, 6) is 2.64. The molecule has 0 spiro atoms. The van der Waals surface area contributed by atoms with Crippen molar-refractivity contribution in [3.63, 3.8) is 0 Å². The molecule has 90 valence electrons. The van der Waals surface area contributed by atoms with Crippen molar-refractivity contribution in [1.82, 2.24) is 9.78 Å². The van der Waals surface area contributed by atoms with Crippen LogP contribution in [-0.4, -0.2) is 22.9 Å². The first kappa shape index (κ1) is 11.3. The van der Waals surface area contributed by atoms with E-state index < -0.39 is 0 Å². The minimum Gasteiger partial charge on any atom is -0.394 e. The third-order valence-electron chi connectivity index (χ3n) is 3.70. The maximum Gasteiger partial charge on any atom is 0.150 e. The highest BCUT2D eigenvalue weighted by Gasteiger charge is 2.28. The van der Waals surface area contributed by atoms with Gasteiger partial charge in [-0.1, -0.05) is 13.8 Å². The normalized spacial score (nSPS) is 21.1. The maximum absolute atomic E-state index is 6.08. The highest BCUT2D eigenvalue weighted by atomic mass is 15.4. The van der Waals surface area contributed by atoms with E-state index in [1.165, 1.54) is 6.42 Å². The average molecular weight is 222 g/mol. The zero-order valence-corrected chi connectivity index (χ0v) is 10.7. The van der Waals surface area contributed by atoms with Gasteiger partial charge in [-0.25, -0.2) is 0 Å². The molecule has 1 aliphatic heterocycles. The van der Waals surface area contributed by atoms with E-state index in [1.807, 2.05) is 18.7 Å². The van der Waals surface area contributed by atoms with Gasteiger partial charge in [-0.15, -0.1) is 0 Å². The Morgan fingerprint density at radius 3 is 2.56 bits per heavy atom. The second-order valence-electron chi connectivity index (χ2n) is 5.19. The third-order valence-corrected chi connectivity index (χ3v) is 3.70. The molecule has 16 heavy (non-hydrogen) atoms. The second-order valence-corrected chi connectivity index (χ2v) is 5.19. The predicted molar refractivity (Wildman–Crippen MR) is 67.5 cm³/mol. The topological polar surface area (TPSA) is 47.1 Å². The number of hydrogen-bond donors (Lipinski definition) is 1. The largest absolute Gasteiger partial charge is 0.394 e. The molecule has 1 unspecified atom stereocenters. The summed E-state index contributed by atoms with van der Waals surface area (Å²) in [7, 11) is 1.97. The molecule has 1 aromatic rings. The fourth-order valence-corrected chi connectivity index (χ4v) is 2.56. The smallest absolute Gasteiger partial charge is 0.150 e. The van der Waals surface area contributed by atoms with Crippen LogP contribution >= 0.6 is 0 Å². The van der Waals surface area contributed by atoms with Crippen LogP contribution in [0.1, 0.15) is 26.0 Å². The molecule has 1 fully saturated rings. The Morgan fingerprint density at radius 1 is 1.44 bits per heavy atom. The lowest BCUT2D eigenvalue weighted by molar-refractivity contribution is 0.422. The Hall–Kier alpha value is -1.19. The van der Waals surface area contributed by atoms with Crippen LogP contribution in [-0.2, 0) is 7.05 Å².